The smallest absolute Gasteiger partial charge is 0.0870 e. The van der Waals surface area contributed by atoms with E-state index in [1.807, 2.05) is 0 Å². The predicted octanol–water partition coefficient (Wildman–Crippen LogP) is 11.0. The van der Waals surface area contributed by atoms with Crippen molar-refractivity contribution in [2.24, 2.45) is 0 Å². The summed E-state index contributed by atoms with van der Waals surface area (Å²) in [5.41, 5.74) is 2.85. The van der Waals surface area contributed by atoms with E-state index in [0.29, 0.717) is 0 Å². The summed E-state index contributed by atoms with van der Waals surface area (Å²) in [6.07, 6.45) is 7.92. The third-order valence-corrected chi connectivity index (χ3v) is 20.5. The van der Waals surface area contributed by atoms with Crippen LogP contribution in [0.1, 0.15) is 64.9 Å². The maximum atomic E-state index is 2.84. The first-order chi connectivity index (χ1) is 23.1. The fourth-order valence-corrected chi connectivity index (χ4v) is 19.0. The fraction of sp³-hybridized carbons (Fsp3) is 0.302. The van der Waals surface area contributed by atoms with Crippen LogP contribution in [0.5, 0.6) is 0 Å². The largest absolute Gasteiger partial charge is 0.313 e. The first kappa shape index (κ1) is 35.3. The van der Waals surface area contributed by atoms with Gasteiger partial charge in [-0.2, -0.15) is 0 Å². The van der Waals surface area contributed by atoms with E-state index >= 15 is 0 Å². The molecule has 0 amide bonds. The van der Waals surface area contributed by atoms with Crippen LogP contribution in [0.4, 0.5) is 5.69 Å². The quantitative estimate of drug-likeness (QED) is 0.0701. The Morgan fingerprint density at radius 3 is 1.11 bits per heavy atom. The highest BCUT2D eigenvalue weighted by Crippen LogP contribution is 2.57. The molecule has 4 heteroatoms. The number of aryl methyl sites for hydroxylation is 1. The lowest BCUT2D eigenvalue weighted by atomic mass is 10.2. The fourth-order valence-electron chi connectivity index (χ4n) is 7.02. The van der Waals surface area contributed by atoms with Crippen molar-refractivity contribution >= 4 is 56.3 Å². The Hall–Kier alpha value is -3.02. The summed E-state index contributed by atoms with van der Waals surface area (Å²) >= 11 is 0. The summed E-state index contributed by atoms with van der Waals surface area (Å²) in [6.45, 7) is 9.55. The van der Waals surface area contributed by atoms with Crippen LogP contribution in [0, 0.1) is 6.92 Å². The molecule has 0 radical (unpaired) electrons. The molecule has 0 aromatic heterocycles. The topological polar surface area (TPSA) is 3.24 Å². The molecule has 0 atom stereocenters. The Morgan fingerprint density at radius 1 is 0.468 bits per heavy atom. The van der Waals surface area contributed by atoms with E-state index in [2.05, 4.69) is 172 Å². The molecule has 5 aromatic rings. The van der Waals surface area contributed by atoms with Gasteiger partial charge in [-0.25, -0.2) is 0 Å². The van der Waals surface area contributed by atoms with Crippen molar-refractivity contribution in [2.45, 2.75) is 84.4 Å². The number of unbranched alkanes of at least 4 members (excludes halogenated alkanes) is 3. The second kappa shape index (κ2) is 17.9. The van der Waals surface area contributed by atoms with E-state index in [-0.39, 0.29) is 0 Å². The highest BCUT2D eigenvalue weighted by molar-refractivity contribution is 7.90. The van der Waals surface area contributed by atoms with Crippen LogP contribution >= 0.6 is 16.1 Å². The molecule has 0 N–H and O–H groups in total. The molecule has 0 fully saturated rings. The van der Waals surface area contributed by atoms with Gasteiger partial charge in [0.1, 0.15) is 0 Å². The van der Waals surface area contributed by atoms with Crippen LogP contribution in [-0.2, 0) is 0 Å². The van der Waals surface area contributed by atoms with Gasteiger partial charge in [0.2, 0.25) is 0 Å². The maximum absolute atomic E-state index is 2.84. The molecule has 0 saturated heterocycles. The van der Waals surface area contributed by atoms with Crippen molar-refractivity contribution in [3.63, 3.8) is 0 Å². The molecular weight excluding hydrogens is 621 g/mol. The van der Waals surface area contributed by atoms with E-state index in [4.69, 9.17) is 0 Å². The summed E-state index contributed by atoms with van der Waals surface area (Å²) in [7, 11) is -3.42. The van der Waals surface area contributed by atoms with Crippen molar-refractivity contribution in [3.8, 4) is 0 Å². The molecule has 0 aliphatic carbocycles. The zero-order valence-corrected chi connectivity index (χ0v) is 31.8. The van der Waals surface area contributed by atoms with Gasteiger partial charge in [0.05, 0.1) is 24.2 Å². The Bertz CT molecular complexity index is 1430. The van der Waals surface area contributed by atoms with Gasteiger partial charge >= 0.3 is 0 Å². The van der Waals surface area contributed by atoms with Crippen LogP contribution in [0.25, 0.3) is 0 Å². The lowest BCUT2D eigenvalue weighted by Gasteiger charge is -2.41. The van der Waals surface area contributed by atoms with Crippen LogP contribution in [0.15, 0.2) is 140 Å². The average molecular weight is 674 g/mol. The van der Waals surface area contributed by atoms with E-state index in [1.54, 1.807) is 5.19 Å². The minimum atomic E-state index is -1.65. The zero-order valence-electron chi connectivity index (χ0n) is 29.0. The second-order valence-electron chi connectivity index (χ2n) is 12.8. The molecule has 0 unspecified atom stereocenters. The maximum Gasteiger partial charge on any atom is 0.0870 e. The lowest BCUT2D eigenvalue weighted by Crippen LogP contribution is -2.49. The Balaban J connectivity index is 1.76. The van der Waals surface area contributed by atoms with Crippen molar-refractivity contribution in [1.29, 1.82) is 0 Å². The average Bonchev–Trinajstić information content (AvgIpc) is 3.13. The van der Waals surface area contributed by atoms with Crippen LogP contribution < -0.4 is 30.8 Å². The molecule has 0 spiro atoms. The molecule has 1 nitrogen and oxygen atoms in total. The predicted molar refractivity (Wildman–Crippen MR) is 216 cm³/mol. The third kappa shape index (κ3) is 8.72. The van der Waals surface area contributed by atoms with E-state index < -0.39 is 24.2 Å². The van der Waals surface area contributed by atoms with Crippen molar-refractivity contribution in [1.82, 2.24) is 0 Å². The first-order valence-corrected chi connectivity index (χ1v) is 23.0. The van der Waals surface area contributed by atoms with Gasteiger partial charge < -0.3 is 4.44 Å². The molecule has 0 aliphatic rings. The van der Waals surface area contributed by atoms with Crippen LogP contribution in [0.3, 0.4) is 0 Å². The van der Waals surface area contributed by atoms with Gasteiger partial charge in [-0.1, -0.05) is 210 Å². The minimum absolute atomic E-state index is 0.882. The molecule has 5 aromatic carbocycles. The SMILES string of the molecule is CCCC[Si](CCCC)(CCCC)c1ccc(N(P(c2ccccc2)c2ccccc2)P(c2ccccc2)c2ccccc2)cc1C. The standard InChI is InChI=1S/C43H53NP2Si/c1-5-8-33-47(34-9-6-2,35-10-7-3)43-32-31-38(36-37(43)4)44(45(39-23-15-11-16-24-39)40-25-17-12-18-26-40)46(41-27-19-13-20-28-41)42-29-21-14-22-30-42/h11-32,36H,5-10,33-35H2,1-4H3. The molecule has 47 heavy (non-hydrogen) atoms. The normalized spacial score (nSPS) is 11.7. The lowest BCUT2D eigenvalue weighted by molar-refractivity contribution is 0.800. The molecule has 244 valence electrons. The van der Waals surface area contributed by atoms with Gasteiger partial charge in [0.15, 0.2) is 0 Å². The van der Waals surface area contributed by atoms with Gasteiger partial charge in [-0.15, -0.1) is 0 Å². The van der Waals surface area contributed by atoms with Gasteiger partial charge in [-0.3, -0.25) is 0 Å². The highest BCUT2D eigenvalue weighted by Gasteiger charge is 2.36. The minimum Gasteiger partial charge on any atom is -0.313 e. The number of anilines is 1. The number of benzene rings is 5. The van der Waals surface area contributed by atoms with Gasteiger partial charge in [0.25, 0.3) is 0 Å². The van der Waals surface area contributed by atoms with Crippen molar-refractivity contribution in [2.75, 3.05) is 4.44 Å². The summed E-state index contributed by atoms with van der Waals surface area (Å²) in [5, 5.41) is 7.25. The van der Waals surface area contributed by atoms with E-state index in [9.17, 15) is 0 Å². The van der Waals surface area contributed by atoms with E-state index in [0.717, 1.165) is 0 Å². The van der Waals surface area contributed by atoms with Crippen molar-refractivity contribution in [3.05, 3.63) is 145 Å². The van der Waals surface area contributed by atoms with Crippen molar-refractivity contribution < 1.29 is 0 Å². The van der Waals surface area contributed by atoms with E-state index in [1.165, 1.54) is 89.1 Å². The number of hydrogen-bond donors (Lipinski definition) is 0. The summed E-state index contributed by atoms with van der Waals surface area (Å²) in [5.74, 6) is 0. The van der Waals surface area contributed by atoms with Crippen LogP contribution in [-0.4, -0.2) is 8.07 Å². The molecule has 0 bridgehead atoms. The highest BCUT2D eigenvalue weighted by atomic mass is 31.2. The molecular formula is C43H53NP2Si. The summed E-state index contributed by atoms with van der Waals surface area (Å²) in [6, 6.07) is 57.0. The zero-order chi connectivity index (χ0) is 32.9. The number of rotatable bonds is 17. The van der Waals surface area contributed by atoms with Crippen LogP contribution in [0.2, 0.25) is 18.1 Å². The summed E-state index contributed by atoms with van der Waals surface area (Å²) in [4.78, 5) is 0. The molecule has 0 aliphatic heterocycles. The molecule has 0 saturated carbocycles. The summed E-state index contributed by atoms with van der Waals surface area (Å²) < 4.78 is 2.84. The molecule has 0 heterocycles. The Labute approximate surface area is 289 Å². The Kier molecular flexibility index (Phi) is 13.5. The third-order valence-electron chi connectivity index (χ3n) is 9.42. The number of nitrogens with zero attached hydrogens (tertiary/aromatic N) is 1. The van der Waals surface area contributed by atoms with Gasteiger partial charge in [-0.05, 0) is 24.6 Å². The monoisotopic (exact) mass is 673 g/mol. The second-order valence-corrected chi connectivity index (χ2v) is 21.9. The van der Waals surface area contributed by atoms with Gasteiger partial charge in [0, 0.05) is 26.9 Å². The molecule has 5 rings (SSSR count). The Morgan fingerprint density at radius 2 is 0.809 bits per heavy atom. The number of hydrogen-bond acceptors (Lipinski definition) is 1. The first-order valence-electron chi connectivity index (χ1n) is 17.8.